The van der Waals surface area contributed by atoms with Crippen LogP contribution in [-0.2, 0) is 16.0 Å². The fourth-order valence-corrected chi connectivity index (χ4v) is 0.993. The normalized spacial score (nSPS) is 8.73. The molecule has 15 heavy (non-hydrogen) atoms. The van der Waals surface area contributed by atoms with Gasteiger partial charge in [0.25, 0.3) is 0 Å². The molecule has 0 fully saturated rings. The molecule has 0 aliphatic heterocycles. The Bertz CT molecular complexity index is 260. The van der Waals surface area contributed by atoms with E-state index < -0.39 is 0 Å². The molecule has 0 aliphatic rings. The Balaban J connectivity index is 0.000000583. The molecule has 1 aromatic carbocycles. The number of benzene rings is 1. The van der Waals surface area contributed by atoms with Crippen LogP contribution in [0.3, 0.4) is 0 Å². The highest BCUT2D eigenvalue weighted by molar-refractivity contribution is 5.69. The van der Waals surface area contributed by atoms with Crippen LogP contribution in [0.5, 0.6) is 0 Å². The van der Waals surface area contributed by atoms with Gasteiger partial charge in [-0.2, -0.15) is 0 Å². The lowest BCUT2D eigenvalue weighted by Gasteiger charge is -1.98. The zero-order chi connectivity index (χ0) is 11.5. The molecule has 0 amide bonds. The Kier molecular flexibility index (Phi) is 8.39. The van der Waals surface area contributed by atoms with Crippen molar-refractivity contribution in [1.82, 2.24) is 0 Å². The minimum atomic E-state index is -0.154. The van der Waals surface area contributed by atoms with Gasteiger partial charge >= 0.3 is 5.97 Å². The van der Waals surface area contributed by atoms with Crippen LogP contribution in [0, 0.1) is 0 Å². The predicted molar refractivity (Wildman–Crippen MR) is 61.5 cm³/mol. The number of carbonyl (C=O) groups is 1. The monoisotopic (exact) mass is 209 g/mol. The zero-order valence-corrected chi connectivity index (χ0v) is 9.40. The second-order valence-electron chi connectivity index (χ2n) is 2.97. The van der Waals surface area contributed by atoms with Crippen LogP contribution in [0.4, 0.5) is 0 Å². The molecule has 3 nitrogen and oxygen atoms in total. The lowest BCUT2D eigenvalue weighted by Crippen LogP contribution is -2.01. The number of hydrogen-bond acceptors (Lipinski definition) is 3. The van der Waals surface area contributed by atoms with E-state index in [0.29, 0.717) is 6.42 Å². The van der Waals surface area contributed by atoms with Gasteiger partial charge in [0.05, 0.1) is 7.11 Å². The molecule has 84 valence electrons. The predicted octanol–water partition coefficient (Wildman–Crippen LogP) is 1.76. The molecule has 0 saturated heterocycles. The first-order valence-electron chi connectivity index (χ1n) is 5.05. The number of aryl methyl sites for hydroxylation is 1. The van der Waals surface area contributed by atoms with Crippen LogP contribution in [0.25, 0.3) is 0 Å². The summed E-state index contributed by atoms with van der Waals surface area (Å²) in [5.74, 6) is -0.154. The summed E-state index contributed by atoms with van der Waals surface area (Å²) in [6, 6.07) is 9.90. The molecule has 1 rings (SSSR count). The molecule has 0 radical (unpaired) electrons. The largest absolute Gasteiger partial charge is 0.469 e. The van der Waals surface area contributed by atoms with Crippen molar-refractivity contribution in [1.29, 1.82) is 0 Å². The van der Waals surface area contributed by atoms with Gasteiger partial charge in [-0.3, -0.25) is 4.79 Å². The van der Waals surface area contributed by atoms with Gasteiger partial charge in [0.15, 0.2) is 0 Å². The van der Waals surface area contributed by atoms with E-state index in [0.717, 1.165) is 13.0 Å². The highest BCUT2D eigenvalue weighted by atomic mass is 16.5. The third-order valence-electron chi connectivity index (χ3n) is 1.69. The highest BCUT2D eigenvalue weighted by Crippen LogP contribution is 2.02. The standard InChI is InChI=1S/C10H12O2.C2H7N/c1-12-10(11)8-7-9-5-3-2-4-6-9;1-2-3/h2-6H,7-8H2,1H3;2-3H2,1H3. The summed E-state index contributed by atoms with van der Waals surface area (Å²) in [5.41, 5.74) is 6.02. The maximum Gasteiger partial charge on any atom is 0.305 e. The van der Waals surface area contributed by atoms with E-state index in [4.69, 9.17) is 5.73 Å². The lowest BCUT2D eigenvalue weighted by molar-refractivity contribution is -0.140. The van der Waals surface area contributed by atoms with E-state index in [2.05, 4.69) is 4.74 Å². The molecular weight excluding hydrogens is 190 g/mol. The Morgan fingerprint density at radius 1 is 1.33 bits per heavy atom. The summed E-state index contributed by atoms with van der Waals surface area (Å²) in [5, 5.41) is 0. The van der Waals surface area contributed by atoms with Gasteiger partial charge < -0.3 is 10.5 Å². The van der Waals surface area contributed by atoms with Gasteiger partial charge in [0.2, 0.25) is 0 Å². The molecule has 0 saturated carbocycles. The Morgan fingerprint density at radius 2 is 1.87 bits per heavy atom. The summed E-state index contributed by atoms with van der Waals surface area (Å²) in [6.45, 7) is 2.65. The fraction of sp³-hybridized carbons (Fsp3) is 0.417. The zero-order valence-electron chi connectivity index (χ0n) is 9.40. The molecule has 1 aromatic rings. The van der Waals surface area contributed by atoms with E-state index in [-0.39, 0.29) is 5.97 Å². The molecule has 2 N–H and O–H groups in total. The molecule has 0 unspecified atom stereocenters. The number of hydrogen-bond donors (Lipinski definition) is 1. The van der Waals surface area contributed by atoms with Crippen molar-refractivity contribution in [2.24, 2.45) is 5.73 Å². The van der Waals surface area contributed by atoms with E-state index in [1.54, 1.807) is 0 Å². The summed E-state index contributed by atoms with van der Waals surface area (Å²) >= 11 is 0. The van der Waals surface area contributed by atoms with Crippen molar-refractivity contribution in [3.05, 3.63) is 35.9 Å². The van der Waals surface area contributed by atoms with Gasteiger partial charge in [-0.25, -0.2) is 0 Å². The second kappa shape index (κ2) is 9.21. The Labute approximate surface area is 91.2 Å². The average Bonchev–Trinajstić information content (AvgIpc) is 2.28. The van der Waals surface area contributed by atoms with Crippen LogP contribution in [0.15, 0.2) is 30.3 Å². The first-order chi connectivity index (χ1) is 7.24. The molecular formula is C12H19NO2. The van der Waals surface area contributed by atoms with Gasteiger partial charge in [0, 0.05) is 6.42 Å². The molecule has 0 spiro atoms. The summed E-state index contributed by atoms with van der Waals surface area (Å²) in [6.07, 6.45) is 1.22. The molecule has 0 bridgehead atoms. The van der Waals surface area contributed by atoms with E-state index in [1.807, 2.05) is 37.3 Å². The van der Waals surface area contributed by atoms with Crippen LogP contribution in [-0.4, -0.2) is 19.6 Å². The number of rotatable bonds is 3. The second-order valence-corrected chi connectivity index (χ2v) is 2.97. The Morgan fingerprint density at radius 3 is 2.33 bits per heavy atom. The van der Waals surface area contributed by atoms with E-state index in [1.165, 1.54) is 12.7 Å². The van der Waals surface area contributed by atoms with Gasteiger partial charge in [-0.15, -0.1) is 0 Å². The number of carbonyl (C=O) groups excluding carboxylic acids is 1. The molecule has 3 heteroatoms. The van der Waals surface area contributed by atoms with Gasteiger partial charge in [-0.05, 0) is 18.5 Å². The number of methoxy groups -OCH3 is 1. The van der Waals surface area contributed by atoms with E-state index in [9.17, 15) is 4.79 Å². The SMILES string of the molecule is CCN.COC(=O)CCc1ccccc1. The fourth-order valence-electron chi connectivity index (χ4n) is 0.993. The number of ether oxygens (including phenoxy) is 1. The van der Waals surface area contributed by atoms with Crippen molar-refractivity contribution in [2.75, 3.05) is 13.7 Å². The number of esters is 1. The maximum atomic E-state index is 10.8. The minimum absolute atomic E-state index is 0.154. The summed E-state index contributed by atoms with van der Waals surface area (Å²) < 4.78 is 4.53. The van der Waals surface area contributed by atoms with Crippen LogP contribution in [0.2, 0.25) is 0 Å². The van der Waals surface area contributed by atoms with Gasteiger partial charge in [0.1, 0.15) is 0 Å². The van der Waals surface area contributed by atoms with Crippen molar-refractivity contribution >= 4 is 5.97 Å². The van der Waals surface area contributed by atoms with Crippen molar-refractivity contribution in [3.63, 3.8) is 0 Å². The molecule has 0 aliphatic carbocycles. The van der Waals surface area contributed by atoms with Crippen molar-refractivity contribution in [3.8, 4) is 0 Å². The van der Waals surface area contributed by atoms with Crippen molar-refractivity contribution in [2.45, 2.75) is 19.8 Å². The average molecular weight is 209 g/mol. The summed E-state index contributed by atoms with van der Waals surface area (Å²) in [7, 11) is 1.41. The molecule has 0 heterocycles. The number of nitrogens with two attached hydrogens (primary N) is 1. The topological polar surface area (TPSA) is 52.3 Å². The maximum absolute atomic E-state index is 10.8. The lowest BCUT2D eigenvalue weighted by atomic mass is 10.1. The van der Waals surface area contributed by atoms with Crippen molar-refractivity contribution < 1.29 is 9.53 Å². The van der Waals surface area contributed by atoms with Crippen LogP contribution >= 0.6 is 0 Å². The minimum Gasteiger partial charge on any atom is -0.469 e. The third-order valence-corrected chi connectivity index (χ3v) is 1.69. The quantitative estimate of drug-likeness (QED) is 0.772. The first-order valence-corrected chi connectivity index (χ1v) is 5.05. The molecule has 0 atom stereocenters. The first kappa shape index (κ1) is 13.7. The smallest absolute Gasteiger partial charge is 0.305 e. The summed E-state index contributed by atoms with van der Waals surface area (Å²) in [4.78, 5) is 10.8. The molecule has 0 aromatic heterocycles. The highest BCUT2D eigenvalue weighted by Gasteiger charge is 1.99. The van der Waals surface area contributed by atoms with Crippen LogP contribution in [0.1, 0.15) is 18.9 Å². The third kappa shape index (κ3) is 7.70. The van der Waals surface area contributed by atoms with E-state index >= 15 is 0 Å². The van der Waals surface area contributed by atoms with Gasteiger partial charge in [-0.1, -0.05) is 37.3 Å². The van der Waals surface area contributed by atoms with Crippen LogP contribution < -0.4 is 5.73 Å². The Hall–Kier alpha value is -1.35.